The number of benzene rings is 1. The molecule has 2 rings (SSSR count). The van der Waals surface area contributed by atoms with Gasteiger partial charge in [0.1, 0.15) is 12.1 Å². The zero-order valence-electron chi connectivity index (χ0n) is 9.02. The summed E-state index contributed by atoms with van der Waals surface area (Å²) >= 11 is 0. The van der Waals surface area contributed by atoms with Gasteiger partial charge in [0, 0.05) is 18.2 Å². The van der Waals surface area contributed by atoms with Gasteiger partial charge in [-0.1, -0.05) is 23.4 Å². The molecular formula is C12H11FN2O2. The number of carbonyl (C=O) groups excluding carboxylic acids is 1. The number of nitrogens with zero attached hydrogens (tertiary/aromatic N) is 1. The van der Waals surface area contributed by atoms with Crippen molar-refractivity contribution in [2.45, 2.75) is 13.0 Å². The van der Waals surface area contributed by atoms with Crippen LogP contribution >= 0.6 is 0 Å². The van der Waals surface area contributed by atoms with Crippen LogP contribution in [0.25, 0.3) is 0 Å². The van der Waals surface area contributed by atoms with Gasteiger partial charge in [-0.2, -0.15) is 0 Å². The van der Waals surface area contributed by atoms with Crippen LogP contribution in [0.1, 0.15) is 11.3 Å². The Hall–Kier alpha value is -2.17. The van der Waals surface area contributed by atoms with Crippen molar-refractivity contribution in [3.8, 4) is 0 Å². The Labute approximate surface area is 97.4 Å². The molecule has 0 bridgehead atoms. The molecular weight excluding hydrogens is 223 g/mol. The van der Waals surface area contributed by atoms with Crippen LogP contribution in [0.3, 0.4) is 0 Å². The monoisotopic (exact) mass is 234 g/mol. The zero-order chi connectivity index (χ0) is 12.1. The van der Waals surface area contributed by atoms with E-state index in [1.54, 1.807) is 24.3 Å². The van der Waals surface area contributed by atoms with Gasteiger partial charge < -0.3 is 9.84 Å². The lowest BCUT2D eigenvalue weighted by atomic mass is 10.2. The molecule has 88 valence electrons. The van der Waals surface area contributed by atoms with E-state index in [9.17, 15) is 9.18 Å². The molecule has 17 heavy (non-hydrogen) atoms. The molecule has 0 saturated carbocycles. The number of halogens is 1. The second-order valence-corrected chi connectivity index (χ2v) is 3.54. The van der Waals surface area contributed by atoms with Gasteiger partial charge in [0.25, 0.3) is 0 Å². The van der Waals surface area contributed by atoms with Gasteiger partial charge in [0.05, 0.1) is 12.1 Å². The van der Waals surface area contributed by atoms with Crippen molar-refractivity contribution in [1.29, 1.82) is 0 Å². The summed E-state index contributed by atoms with van der Waals surface area (Å²) in [5.74, 6) is -0.545. The molecule has 0 aliphatic carbocycles. The molecule has 1 aromatic carbocycles. The highest BCUT2D eigenvalue weighted by atomic mass is 19.1. The summed E-state index contributed by atoms with van der Waals surface area (Å²) in [6, 6.07) is 7.94. The summed E-state index contributed by atoms with van der Waals surface area (Å²) < 4.78 is 17.8. The summed E-state index contributed by atoms with van der Waals surface area (Å²) in [6.07, 6.45) is 1.53. The average Bonchev–Trinajstić information content (AvgIpc) is 2.81. The van der Waals surface area contributed by atoms with Crippen LogP contribution in [-0.4, -0.2) is 11.1 Å². The number of hydrogen-bond donors (Lipinski definition) is 1. The fourth-order valence-electron chi connectivity index (χ4n) is 1.39. The fourth-order valence-corrected chi connectivity index (χ4v) is 1.39. The maximum Gasteiger partial charge on any atom is 0.226 e. The number of nitrogens with one attached hydrogen (secondary N) is 1. The molecule has 1 aromatic heterocycles. The molecule has 5 heteroatoms. The molecule has 0 atom stereocenters. The molecule has 0 saturated heterocycles. The number of amides is 1. The first-order chi connectivity index (χ1) is 8.25. The van der Waals surface area contributed by atoms with Gasteiger partial charge in [-0.25, -0.2) is 4.39 Å². The largest absolute Gasteiger partial charge is 0.364 e. The summed E-state index contributed by atoms with van der Waals surface area (Å²) in [4.78, 5) is 11.5. The Morgan fingerprint density at radius 3 is 2.88 bits per heavy atom. The van der Waals surface area contributed by atoms with Crippen LogP contribution in [-0.2, 0) is 17.8 Å². The number of carbonyl (C=O) groups is 1. The lowest BCUT2D eigenvalue weighted by molar-refractivity contribution is -0.120. The molecule has 0 fully saturated rings. The lowest BCUT2D eigenvalue weighted by Gasteiger charge is -2.04. The minimum Gasteiger partial charge on any atom is -0.364 e. The normalized spacial score (nSPS) is 10.2. The third kappa shape index (κ3) is 3.14. The summed E-state index contributed by atoms with van der Waals surface area (Å²) in [5.41, 5.74) is 1.01. The fraction of sp³-hybridized carbons (Fsp3) is 0.167. The van der Waals surface area contributed by atoms with Gasteiger partial charge >= 0.3 is 0 Å². The third-order valence-corrected chi connectivity index (χ3v) is 2.27. The van der Waals surface area contributed by atoms with Crippen LogP contribution < -0.4 is 5.32 Å². The predicted octanol–water partition coefficient (Wildman–Crippen LogP) is 1.67. The Morgan fingerprint density at radius 1 is 1.35 bits per heavy atom. The van der Waals surface area contributed by atoms with E-state index in [1.165, 1.54) is 12.3 Å². The molecule has 0 aliphatic heterocycles. The van der Waals surface area contributed by atoms with Crippen molar-refractivity contribution < 1.29 is 13.7 Å². The quantitative estimate of drug-likeness (QED) is 0.875. The van der Waals surface area contributed by atoms with Crippen LogP contribution in [0, 0.1) is 5.82 Å². The van der Waals surface area contributed by atoms with Crippen molar-refractivity contribution in [1.82, 2.24) is 10.5 Å². The van der Waals surface area contributed by atoms with E-state index >= 15 is 0 Å². The third-order valence-electron chi connectivity index (χ3n) is 2.27. The highest BCUT2D eigenvalue weighted by Crippen LogP contribution is 2.05. The lowest BCUT2D eigenvalue weighted by Crippen LogP contribution is -2.25. The van der Waals surface area contributed by atoms with E-state index in [2.05, 4.69) is 15.0 Å². The van der Waals surface area contributed by atoms with E-state index in [-0.39, 0.29) is 24.7 Å². The molecule has 1 amide bonds. The molecule has 0 spiro atoms. The Bertz CT molecular complexity index is 497. The molecule has 0 radical (unpaired) electrons. The Kier molecular flexibility index (Phi) is 3.49. The summed E-state index contributed by atoms with van der Waals surface area (Å²) in [7, 11) is 0. The first-order valence-corrected chi connectivity index (χ1v) is 5.15. The zero-order valence-corrected chi connectivity index (χ0v) is 9.02. The van der Waals surface area contributed by atoms with E-state index in [4.69, 9.17) is 0 Å². The van der Waals surface area contributed by atoms with E-state index in [0.29, 0.717) is 11.3 Å². The van der Waals surface area contributed by atoms with Gasteiger partial charge in [-0.3, -0.25) is 4.79 Å². The van der Waals surface area contributed by atoms with Crippen LogP contribution in [0.2, 0.25) is 0 Å². The Morgan fingerprint density at radius 2 is 2.18 bits per heavy atom. The number of hydrogen-bond acceptors (Lipinski definition) is 3. The number of aromatic nitrogens is 1. The van der Waals surface area contributed by atoms with E-state index in [1.807, 2.05) is 0 Å². The molecule has 4 nitrogen and oxygen atoms in total. The van der Waals surface area contributed by atoms with Crippen molar-refractivity contribution in [2.24, 2.45) is 0 Å². The highest BCUT2D eigenvalue weighted by Gasteiger charge is 2.07. The molecule has 1 heterocycles. The standard InChI is InChI=1S/C12H11FN2O2/c13-11-4-2-1-3-9(11)8-14-12(16)7-10-5-6-17-15-10/h1-6H,7-8H2,(H,14,16). The summed E-state index contributed by atoms with van der Waals surface area (Å²) in [6.45, 7) is 0.170. The van der Waals surface area contributed by atoms with Crippen LogP contribution in [0.4, 0.5) is 4.39 Å². The molecule has 0 aliphatic rings. The van der Waals surface area contributed by atoms with Gasteiger partial charge in [0.2, 0.25) is 5.91 Å². The molecule has 0 unspecified atom stereocenters. The van der Waals surface area contributed by atoms with Crippen molar-refractivity contribution in [3.63, 3.8) is 0 Å². The highest BCUT2D eigenvalue weighted by molar-refractivity contribution is 5.77. The second-order valence-electron chi connectivity index (χ2n) is 3.54. The minimum atomic E-state index is -0.325. The first kappa shape index (κ1) is 11.3. The predicted molar refractivity (Wildman–Crippen MR) is 58.5 cm³/mol. The topological polar surface area (TPSA) is 55.1 Å². The van der Waals surface area contributed by atoms with Crippen LogP contribution in [0.15, 0.2) is 41.1 Å². The van der Waals surface area contributed by atoms with Crippen molar-refractivity contribution in [2.75, 3.05) is 0 Å². The van der Waals surface area contributed by atoms with E-state index < -0.39 is 0 Å². The minimum absolute atomic E-state index is 0.130. The average molecular weight is 234 g/mol. The van der Waals surface area contributed by atoms with E-state index in [0.717, 1.165) is 0 Å². The number of rotatable bonds is 4. The molecule has 2 aromatic rings. The van der Waals surface area contributed by atoms with Gasteiger partial charge in [-0.05, 0) is 6.07 Å². The van der Waals surface area contributed by atoms with Crippen LogP contribution in [0.5, 0.6) is 0 Å². The van der Waals surface area contributed by atoms with Crippen molar-refractivity contribution in [3.05, 3.63) is 53.7 Å². The maximum absolute atomic E-state index is 13.2. The Balaban J connectivity index is 1.86. The maximum atomic E-state index is 13.2. The smallest absolute Gasteiger partial charge is 0.226 e. The SMILES string of the molecule is O=C(Cc1ccon1)NCc1ccccc1F. The van der Waals surface area contributed by atoms with Gasteiger partial charge in [0.15, 0.2) is 0 Å². The second kappa shape index (κ2) is 5.25. The molecule has 1 N–H and O–H groups in total. The first-order valence-electron chi connectivity index (χ1n) is 5.15. The van der Waals surface area contributed by atoms with Gasteiger partial charge in [-0.15, -0.1) is 0 Å². The summed E-state index contributed by atoms with van der Waals surface area (Å²) in [5, 5.41) is 6.24. The van der Waals surface area contributed by atoms with Crippen molar-refractivity contribution >= 4 is 5.91 Å².